The number of rotatable bonds is 36. The molecule has 7 heteroatoms. The minimum atomic E-state index is 0.708. The Morgan fingerprint density at radius 1 is 0.412 bits per heavy atom. The number of nitrogens with zero attached hydrogens (tertiary/aromatic N) is 2. The van der Waals surface area contributed by atoms with E-state index in [1.165, 1.54) is 192 Å². The van der Waals surface area contributed by atoms with Gasteiger partial charge in [0.05, 0.1) is 33.9 Å². The summed E-state index contributed by atoms with van der Waals surface area (Å²) in [6.45, 7) is 10.6. The summed E-state index contributed by atoms with van der Waals surface area (Å²) in [6.07, 6.45) is 40.3. The standard InChI is InChI=1S/C44H78Br2N2O2S/c1-5-9-13-17-21-25-29-37(30-26-22-18-14-10-6-2)33-35-49-43-39(45)41-42(48-51-47-41)40(46)44(43)50-36-34-38(31-27-23-19-15-11-7-3)32-28-24-20-16-12-8-4/h37-38H,5-36H2,1-4H3. The Morgan fingerprint density at radius 2 is 0.686 bits per heavy atom. The molecule has 0 aliphatic carbocycles. The van der Waals surface area contributed by atoms with Crippen molar-refractivity contribution < 1.29 is 9.47 Å². The first kappa shape index (κ1) is 46.8. The van der Waals surface area contributed by atoms with Gasteiger partial charge < -0.3 is 9.47 Å². The summed E-state index contributed by atoms with van der Waals surface area (Å²) in [5, 5.41) is 0. The molecule has 1 aromatic heterocycles. The van der Waals surface area contributed by atoms with Crippen molar-refractivity contribution in [1.82, 2.24) is 8.75 Å². The number of fused-ring (bicyclic) bond motifs is 1. The largest absolute Gasteiger partial charge is 0.488 e. The molecule has 296 valence electrons. The molecule has 0 N–H and O–H groups in total. The molecule has 0 unspecified atom stereocenters. The van der Waals surface area contributed by atoms with Crippen LogP contribution in [0.5, 0.6) is 11.5 Å². The van der Waals surface area contributed by atoms with E-state index in [-0.39, 0.29) is 0 Å². The van der Waals surface area contributed by atoms with Crippen LogP contribution in [-0.2, 0) is 0 Å². The molecule has 0 bridgehead atoms. The number of ether oxygens (including phenoxy) is 2. The Balaban J connectivity index is 2.04. The number of hydrogen-bond donors (Lipinski definition) is 0. The lowest BCUT2D eigenvalue weighted by atomic mass is 9.91. The van der Waals surface area contributed by atoms with E-state index >= 15 is 0 Å². The zero-order valence-corrected chi connectivity index (χ0v) is 37.6. The van der Waals surface area contributed by atoms with E-state index in [1.807, 2.05) is 0 Å². The van der Waals surface area contributed by atoms with Crippen molar-refractivity contribution in [3.05, 3.63) is 8.95 Å². The normalized spacial score (nSPS) is 11.8. The first-order valence-electron chi connectivity index (χ1n) is 22.0. The van der Waals surface area contributed by atoms with Crippen molar-refractivity contribution >= 4 is 54.6 Å². The molecule has 0 atom stereocenters. The van der Waals surface area contributed by atoms with Crippen LogP contribution in [0.1, 0.15) is 220 Å². The van der Waals surface area contributed by atoms with Crippen LogP contribution in [0.25, 0.3) is 11.0 Å². The van der Waals surface area contributed by atoms with Crippen LogP contribution >= 0.6 is 43.6 Å². The Kier molecular flexibility index (Phi) is 29.2. The second kappa shape index (κ2) is 31.9. The van der Waals surface area contributed by atoms with Crippen molar-refractivity contribution in [3.8, 4) is 11.5 Å². The molecule has 2 aromatic rings. The molecule has 51 heavy (non-hydrogen) atoms. The number of halogens is 2. The summed E-state index contributed by atoms with van der Waals surface area (Å²) < 4.78 is 24.4. The van der Waals surface area contributed by atoms with Crippen molar-refractivity contribution in [3.63, 3.8) is 0 Å². The van der Waals surface area contributed by atoms with E-state index in [0.29, 0.717) is 13.2 Å². The van der Waals surface area contributed by atoms with E-state index in [4.69, 9.17) is 9.47 Å². The van der Waals surface area contributed by atoms with Gasteiger partial charge in [-0.1, -0.05) is 207 Å². The summed E-state index contributed by atoms with van der Waals surface area (Å²) in [5.41, 5.74) is 1.71. The van der Waals surface area contributed by atoms with Crippen molar-refractivity contribution in [2.75, 3.05) is 13.2 Å². The number of aromatic nitrogens is 2. The SMILES string of the molecule is CCCCCCCCC(CCCCCCCC)CCOc1c(OCCC(CCCCCCCC)CCCCCCCC)c(Br)c2nsnc2c1Br. The fourth-order valence-electron chi connectivity index (χ4n) is 7.52. The summed E-state index contributed by atoms with van der Waals surface area (Å²) in [6, 6.07) is 0. The van der Waals surface area contributed by atoms with Gasteiger partial charge in [-0.3, -0.25) is 0 Å². The lowest BCUT2D eigenvalue weighted by Gasteiger charge is -2.21. The van der Waals surface area contributed by atoms with E-state index in [2.05, 4.69) is 68.3 Å². The molecule has 1 heterocycles. The van der Waals surface area contributed by atoms with Crippen molar-refractivity contribution in [1.29, 1.82) is 0 Å². The molecule has 0 saturated carbocycles. The molecule has 0 fully saturated rings. The predicted molar refractivity (Wildman–Crippen MR) is 232 cm³/mol. The fraction of sp³-hybridized carbons (Fsp3) is 0.864. The summed E-state index contributed by atoms with van der Waals surface area (Å²) >= 11 is 9.00. The highest BCUT2D eigenvalue weighted by Gasteiger charge is 2.23. The van der Waals surface area contributed by atoms with Crippen molar-refractivity contribution in [2.24, 2.45) is 11.8 Å². The molecule has 0 spiro atoms. The molecule has 0 saturated heterocycles. The average molecular weight is 859 g/mol. The monoisotopic (exact) mass is 856 g/mol. The van der Waals surface area contributed by atoms with E-state index in [1.54, 1.807) is 0 Å². The highest BCUT2D eigenvalue weighted by Crippen LogP contribution is 2.47. The summed E-state index contributed by atoms with van der Waals surface area (Å²) in [4.78, 5) is 0. The number of benzene rings is 1. The van der Waals surface area contributed by atoms with Gasteiger partial charge >= 0.3 is 0 Å². The van der Waals surface area contributed by atoms with E-state index in [0.717, 1.165) is 56.2 Å². The zero-order chi connectivity index (χ0) is 36.8. The maximum atomic E-state index is 6.69. The van der Waals surface area contributed by atoms with Gasteiger partial charge in [0.1, 0.15) is 11.0 Å². The lowest BCUT2D eigenvalue weighted by molar-refractivity contribution is 0.224. The van der Waals surface area contributed by atoms with Gasteiger partial charge in [0.25, 0.3) is 0 Å². The van der Waals surface area contributed by atoms with Gasteiger partial charge in [-0.15, -0.1) is 0 Å². The van der Waals surface area contributed by atoms with Crippen LogP contribution in [0.3, 0.4) is 0 Å². The van der Waals surface area contributed by atoms with Crippen molar-refractivity contribution in [2.45, 2.75) is 220 Å². The fourth-order valence-corrected chi connectivity index (χ4v) is 9.46. The van der Waals surface area contributed by atoms with E-state index < -0.39 is 0 Å². The summed E-state index contributed by atoms with van der Waals surface area (Å²) in [5.74, 6) is 3.04. The van der Waals surface area contributed by atoms with Crippen LogP contribution in [0.4, 0.5) is 0 Å². The molecule has 0 radical (unpaired) electrons. The minimum Gasteiger partial charge on any atom is -0.488 e. The van der Waals surface area contributed by atoms with Gasteiger partial charge in [-0.2, -0.15) is 8.75 Å². The second-order valence-corrected chi connectivity index (χ2v) is 17.6. The second-order valence-electron chi connectivity index (χ2n) is 15.5. The highest BCUT2D eigenvalue weighted by atomic mass is 79.9. The van der Waals surface area contributed by atoms with Crippen LogP contribution < -0.4 is 9.47 Å². The van der Waals surface area contributed by atoms with Crippen LogP contribution in [-0.4, -0.2) is 22.0 Å². The third-order valence-corrected chi connectivity index (χ3v) is 12.9. The Labute approximate surface area is 336 Å². The van der Waals surface area contributed by atoms with Crippen LogP contribution in [0, 0.1) is 11.8 Å². The van der Waals surface area contributed by atoms with Gasteiger partial charge in [0.15, 0.2) is 11.5 Å². The van der Waals surface area contributed by atoms with Gasteiger partial charge in [-0.25, -0.2) is 0 Å². The maximum absolute atomic E-state index is 6.69. The molecule has 0 aliphatic heterocycles. The molecular formula is C44H78Br2N2O2S. The molecule has 1 aromatic carbocycles. The third-order valence-electron chi connectivity index (χ3n) is 10.9. The molecule has 0 aliphatic rings. The Bertz CT molecular complexity index is 983. The topological polar surface area (TPSA) is 44.2 Å². The van der Waals surface area contributed by atoms with Crippen LogP contribution in [0.2, 0.25) is 0 Å². The Hall–Kier alpha value is -0.400. The van der Waals surface area contributed by atoms with Crippen LogP contribution in [0.15, 0.2) is 8.95 Å². The molecule has 4 nitrogen and oxygen atoms in total. The molecule has 2 rings (SSSR count). The third kappa shape index (κ3) is 20.7. The Morgan fingerprint density at radius 3 is 0.980 bits per heavy atom. The average Bonchev–Trinajstić information content (AvgIpc) is 3.64. The first-order chi connectivity index (χ1) is 25.1. The predicted octanol–water partition coefficient (Wildman–Crippen LogP) is 17.0. The zero-order valence-electron chi connectivity index (χ0n) is 33.7. The first-order valence-corrected chi connectivity index (χ1v) is 24.3. The van der Waals surface area contributed by atoms with Gasteiger partial charge in [0.2, 0.25) is 0 Å². The summed E-state index contributed by atoms with van der Waals surface area (Å²) in [7, 11) is 0. The number of unbranched alkanes of at least 4 members (excludes halogenated alkanes) is 20. The maximum Gasteiger partial charge on any atom is 0.178 e. The quantitative estimate of drug-likeness (QED) is 0.0641. The molecule has 0 amide bonds. The minimum absolute atomic E-state index is 0.708. The highest BCUT2D eigenvalue weighted by molar-refractivity contribution is 9.11. The molecular weight excluding hydrogens is 780 g/mol. The van der Waals surface area contributed by atoms with Gasteiger partial charge in [-0.05, 0) is 56.5 Å². The van der Waals surface area contributed by atoms with Gasteiger partial charge in [0, 0.05) is 0 Å². The van der Waals surface area contributed by atoms with E-state index in [9.17, 15) is 0 Å². The number of hydrogen-bond acceptors (Lipinski definition) is 5. The lowest BCUT2D eigenvalue weighted by Crippen LogP contribution is -2.11. The smallest absolute Gasteiger partial charge is 0.178 e.